The van der Waals surface area contributed by atoms with Crippen molar-refractivity contribution in [1.29, 1.82) is 0 Å². The van der Waals surface area contributed by atoms with E-state index in [-0.39, 0.29) is 16.8 Å². The van der Waals surface area contributed by atoms with Crippen LogP contribution in [0.2, 0.25) is 0 Å². The van der Waals surface area contributed by atoms with Crippen LogP contribution in [0.4, 0.5) is 0 Å². The Morgan fingerprint density at radius 2 is 0.947 bits per heavy atom. The van der Waals surface area contributed by atoms with Crippen LogP contribution in [-0.2, 0) is 16.8 Å². The molecule has 1 aromatic carbocycles. The van der Waals surface area contributed by atoms with Gasteiger partial charge in [0, 0.05) is 16.8 Å². The van der Waals surface area contributed by atoms with Gasteiger partial charge in [-0.3, -0.25) is 0 Å². The Hall–Kier alpha value is -0.664. The molecule has 109 valence electrons. The molecule has 0 saturated heterocycles. The van der Waals surface area contributed by atoms with Gasteiger partial charge in [0.1, 0.15) is 0 Å². The van der Waals surface area contributed by atoms with Gasteiger partial charge >= 0.3 is 0 Å². The zero-order valence-corrected chi connectivity index (χ0v) is 14.0. The molecular formula is C18H27Co-. The molecule has 0 heterocycles. The number of hydrogen-bond acceptors (Lipinski definition) is 0. The SMILES string of the molecule is C1=C\CC/C=C\CC/1.Cc1c(C)c(C)[c-](C)c1C.[Co]. The molecule has 1 heteroatoms. The maximum absolute atomic E-state index is 2.27. The van der Waals surface area contributed by atoms with E-state index in [1.807, 2.05) is 0 Å². The van der Waals surface area contributed by atoms with Crippen molar-refractivity contribution in [1.82, 2.24) is 0 Å². The molecule has 2 rings (SSSR count). The molecule has 0 aromatic heterocycles. The zero-order valence-electron chi connectivity index (χ0n) is 13.0. The smallest absolute Gasteiger partial charge is 0 e. The van der Waals surface area contributed by atoms with E-state index in [0.29, 0.717) is 0 Å². The zero-order chi connectivity index (χ0) is 13.5. The van der Waals surface area contributed by atoms with Crippen molar-refractivity contribution in [2.45, 2.75) is 60.3 Å². The topological polar surface area (TPSA) is 0 Å². The quantitative estimate of drug-likeness (QED) is 0.431. The van der Waals surface area contributed by atoms with Crippen molar-refractivity contribution in [2.24, 2.45) is 0 Å². The molecule has 0 aliphatic heterocycles. The first-order valence-electron chi connectivity index (χ1n) is 7.05. The minimum atomic E-state index is 0. The van der Waals surface area contributed by atoms with E-state index in [9.17, 15) is 0 Å². The molecule has 0 fully saturated rings. The van der Waals surface area contributed by atoms with E-state index < -0.39 is 0 Å². The molecule has 0 saturated carbocycles. The van der Waals surface area contributed by atoms with Crippen molar-refractivity contribution >= 4 is 0 Å². The van der Waals surface area contributed by atoms with Crippen LogP contribution in [0.1, 0.15) is 53.5 Å². The summed E-state index contributed by atoms with van der Waals surface area (Å²) in [5.74, 6) is 0. The summed E-state index contributed by atoms with van der Waals surface area (Å²) in [7, 11) is 0. The van der Waals surface area contributed by atoms with E-state index in [1.54, 1.807) is 0 Å². The summed E-state index contributed by atoms with van der Waals surface area (Å²) in [6.45, 7) is 11.0. The van der Waals surface area contributed by atoms with Crippen molar-refractivity contribution < 1.29 is 16.8 Å². The van der Waals surface area contributed by atoms with E-state index in [4.69, 9.17) is 0 Å². The first-order chi connectivity index (χ1) is 8.55. The van der Waals surface area contributed by atoms with Crippen LogP contribution in [0.3, 0.4) is 0 Å². The Morgan fingerprint density at radius 3 is 1.11 bits per heavy atom. The van der Waals surface area contributed by atoms with Crippen molar-refractivity contribution in [3.63, 3.8) is 0 Å². The number of hydrogen-bond donors (Lipinski definition) is 0. The second kappa shape index (κ2) is 9.27. The van der Waals surface area contributed by atoms with Crippen LogP contribution in [0, 0.1) is 34.6 Å². The van der Waals surface area contributed by atoms with Crippen LogP contribution < -0.4 is 0 Å². The Bertz CT molecular complexity index is 327. The molecule has 0 bridgehead atoms. The molecule has 1 radical (unpaired) electrons. The molecule has 1 aliphatic rings. The maximum Gasteiger partial charge on any atom is 0 e. The van der Waals surface area contributed by atoms with E-state index in [1.165, 1.54) is 53.5 Å². The Morgan fingerprint density at radius 1 is 0.684 bits per heavy atom. The van der Waals surface area contributed by atoms with Gasteiger partial charge in [-0.05, 0) is 25.7 Å². The van der Waals surface area contributed by atoms with Crippen LogP contribution >= 0.6 is 0 Å². The summed E-state index contributed by atoms with van der Waals surface area (Å²) in [5, 5.41) is 0. The average Bonchev–Trinajstić information content (AvgIpc) is 2.48. The normalized spacial score (nSPS) is 17.3. The maximum atomic E-state index is 2.27. The fourth-order valence-electron chi connectivity index (χ4n) is 2.26. The first kappa shape index (κ1) is 18.3. The summed E-state index contributed by atoms with van der Waals surface area (Å²) in [6, 6.07) is 0. The minimum absolute atomic E-state index is 0. The van der Waals surface area contributed by atoms with E-state index in [0.717, 1.165) is 0 Å². The monoisotopic (exact) mass is 302 g/mol. The first-order valence-corrected chi connectivity index (χ1v) is 7.05. The molecule has 0 nitrogen and oxygen atoms in total. The Balaban J connectivity index is 0.000000331. The van der Waals surface area contributed by atoms with E-state index >= 15 is 0 Å². The molecule has 1 aromatic rings. The third-order valence-corrected chi connectivity index (χ3v) is 4.15. The van der Waals surface area contributed by atoms with Gasteiger partial charge in [-0.25, -0.2) is 0 Å². The molecule has 1 aliphatic carbocycles. The predicted octanol–water partition coefficient (Wildman–Crippen LogP) is 5.62. The third-order valence-electron chi connectivity index (χ3n) is 4.15. The summed E-state index contributed by atoms with van der Waals surface area (Å²) in [4.78, 5) is 0. The van der Waals surface area contributed by atoms with Crippen LogP contribution in [0.15, 0.2) is 24.3 Å². The average molecular weight is 302 g/mol. The fraction of sp³-hybridized carbons (Fsp3) is 0.500. The second-order valence-electron chi connectivity index (χ2n) is 5.22. The standard InChI is InChI=1S/C10H15.C8H12.Co/c1-6-7(2)9(4)10(5)8(6)3;1-2-4-6-8-7-5-3-1;/h1-5H3;1-2,7-8H,3-6H2;/q-1;;/b;2-1-,8-7-;. The van der Waals surface area contributed by atoms with Crippen molar-refractivity contribution in [2.75, 3.05) is 0 Å². The van der Waals surface area contributed by atoms with Crippen LogP contribution in [-0.4, -0.2) is 0 Å². The largest absolute Gasteiger partial charge is 0.196 e. The Kier molecular flexibility index (Phi) is 8.95. The fourth-order valence-corrected chi connectivity index (χ4v) is 2.26. The summed E-state index contributed by atoms with van der Waals surface area (Å²) < 4.78 is 0. The minimum Gasteiger partial charge on any atom is -0.196 e. The summed E-state index contributed by atoms with van der Waals surface area (Å²) in [5.41, 5.74) is 7.34. The van der Waals surface area contributed by atoms with E-state index in [2.05, 4.69) is 58.9 Å². The van der Waals surface area contributed by atoms with Crippen molar-refractivity contribution in [3.8, 4) is 0 Å². The second-order valence-corrected chi connectivity index (χ2v) is 5.22. The molecule has 0 amide bonds. The Labute approximate surface area is 129 Å². The van der Waals surface area contributed by atoms with Crippen molar-refractivity contribution in [3.05, 3.63) is 52.1 Å². The van der Waals surface area contributed by atoms with Gasteiger partial charge in [0.25, 0.3) is 0 Å². The third kappa shape index (κ3) is 5.46. The molecule has 0 atom stereocenters. The molecule has 0 unspecified atom stereocenters. The van der Waals surface area contributed by atoms with Crippen LogP contribution in [0.25, 0.3) is 0 Å². The summed E-state index contributed by atoms with van der Waals surface area (Å²) in [6.07, 6.45) is 14.0. The van der Waals surface area contributed by atoms with Crippen LogP contribution in [0.5, 0.6) is 0 Å². The van der Waals surface area contributed by atoms with Gasteiger partial charge in [0.15, 0.2) is 0 Å². The van der Waals surface area contributed by atoms with Gasteiger partial charge < -0.3 is 0 Å². The molecule has 19 heavy (non-hydrogen) atoms. The molecule has 0 N–H and O–H groups in total. The van der Waals surface area contributed by atoms with Gasteiger partial charge in [-0.2, -0.15) is 27.8 Å². The molecular weight excluding hydrogens is 275 g/mol. The summed E-state index contributed by atoms with van der Waals surface area (Å²) >= 11 is 0. The van der Waals surface area contributed by atoms with Gasteiger partial charge in [0.05, 0.1) is 0 Å². The number of allylic oxidation sites excluding steroid dienone is 4. The number of rotatable bonds is 0. The van der Waals surface area contributed by atoms with Gasteiger partial charge in [-0.1, -0.05) is 58.9 Å². The predicted molar refractivity (Wildman–Crippen MR) is 82.5 cm³/mol. The van der Waals surface area contributed by atoms with Gasteiger partial charge in [0.2, 0.25) is 0 Å². The molecule has 0 spiro atoms. The van der Waals surface area contributed by atoms with Gasteiger partial charge in [-0.15, -0.1) is 0 Å².